The second-order valence-electron chi connectivity index (χ2n) is 5.46. The molecule has 1 aromatic rings. The molecule has 2 aliphatic rings. The van der Waals surface area contributed by atoms with Gasteiger partial charge in [-0.15, -0.1) is 0 Å². The summed E-state index contributed by atoms with van der Waals surface area (Å²) in [5.74, 6) is 1.69. The van der Waals surface area contributed by atoms with Crippen LogP contribution in [0.1, 0.15) is 11.4 Å². The van der Waals surface area contributed by atoms with E-state index in [9.17, 15) is 8.42 Å². The van der Waals surface area contributed by atoms with Crippen LogP contribution in [0, 0.1) is 0 Å². The van der Waals surface area contributed by atoms with Crippen LogP contribution >= 0.6 is 11.8 Å². The first kappa shape index (κ1) is 14.4. The number of nitrogens with one attached hydrogen (secondary N) is 2. The van der Waals surface area contributed by atoms with Crippen LogP contribution in [0.15, 0.2) is 6.33 Å². The number of aromatic amines is 1. The monoisotopic (exact) mass is 316 g/mol. The molecule has 2 aliphatic heterocycles. The van der Waals surface area contributed by atoms with Gasteiger partial charge in [-0.2, -0.15) is 11.8 Å². The van der Waals surface area contributed by atoms with E-state index in [4.69, 9.17) is 0 Å². The van der Waals surface area contributed by atoms with E-state index < -0.39 is 9.84 Å². The van der Waals surface area contributed by atoms with Crippen LogP contribution in [-0.4, -0.2) is 65.6 Å². The summed E-state index contributed by atoms with van der Waals surface area (Å²) in [7, 11) is -3.02. The van der Waals surface area contributed by atoms with Crippen molar-refractivity contribution < 1.29 is 8.42 Å². The molecule has 2 atom stereocenters. The maximum absolute atomic E-state index is 11.9. The zero-order valence-corrected chi connectivity index (χ0v) is 13.1. The lowest BCUT2D eigenvalue weighted by molar-refractivity contribution is 0.232. The van der Waals surface area contributed by atoms with Crippen molar-refractivity contribution >= 4 is 21.6 Å². The molecule has 0 saturated carbocycles. The van der Waals surface area contributed by atoms with Crippen molar-refractivity contribution in [2.75, 3.05) is 30.9 Å². The summed E-state index contributed by atoms with van der Waals surface area (Å²) in [4.78, 5) is 9.57. The van der Waals surface area contributed by atoms with Crippen LogP contribution in [0.25, 0.3) is 0 Å². The average Bonchev–Trinajstić information content (AvgIpc) is 2.85. The predicted molar refractivity (Wildman–Crippen MR) is 80.4 cm³/mol. The third-order valence-electron chi connectivity index (χ3n) is 3.95. The molecule has 3 rings (SSSR count). The highest BCUT2D eigenvalue weighted by Crippen LogP contribution is 2.22. The van der Waals surface area contributed by atoms with Crippen molar-refractivity contribution in [3.05, 3.63) is 17.7 Å². The van der Waals surface area contributed by atoms with Crippen molar-refractivity contribution in [2.45, 2.75) is 24.4 Å². The number of thioether (sulfide) groups is 1. The van der Waals surface area contributed by atoms with E-state index in [1.807, 2.05) is 0 Å². The zero-order chi connectivity index (χ0) is 14.2. The Kier molecular flexibility index (Phi) is 4.07. The molecule has 2 N–H and O–H groups in total. The summed E-state index contributed by atoms with van der Waals surface area (Å²) in [5.41, 5.74) is 2.26. The van der Waals surface area contributed by atoms with Gasteiger partial charge < -0.3 is 10.3 Å². The molecule has 20 heavy (non-hydrogen) atoms. The van der Waals surface area contributed by atoms with Gasteiger partial charge in [0.25, 0.3) is 0 Å². The third-order valence-corrected chi connectivity index (χ3v) is 6.64. The Morgan fingerprint density at radius 1 is 1.55 bits per heavy atom. The number of rotatable bonds is 3. The number of aromatic nitrogens is 2. The maximum Gasteiger partial charge on any atom is 0.164 e. The number of hydrogen-bond acceptors (Lipinski definition) is 6. The van der Waals surface area contributed by atoms with Crippen LogP contribution in [-0.2, 0) is 22.8 Å². The number of imidazole rings is 1. The second-order valence-corrected chi connectivity index (χ2v) is 8.82. The van der Waals surface area contributed by atoms with Crippen LogP contribution < -0.4 is 5.32 Å². The van der Waals surface area contributed by atoms with Crippen LogP contribution in [0.3, 0.4) is 0 Å². The molecule has 8 heteroatoms. The molecule has 1 aromatic heterocycles. The van der Waals surface area contributed by atoms with E-state index in [0.29, 0.717) is 5.75 Å². The van der Waals surface area contributed by atoms with Gasteiger partial charge in [-0.05, 0) is 0 Å². The third kappa shape index (κ3) is 3.03. The molecule has 3 heterocycles. The Bertz CT molecular complexity index is 572. The average molecular weight is 316 g/mol. The van der Waals surface area contributed by atoms with Gasteiger partial charge in [-0.25, -0.2) is 13.4 Å². The fraction of sp³-hybridized carbons (Fsp3) is 0.750. The molecule has 0 amide bonds. The van der Waals surface area contributed by atoms with Gasteiger partial charge in [-0.1, -0.05) is 0 Å². The van der Waals surface area contributed by atoms with Gasteiger partial charge in [0.05, 0.1) is 17.7 Å². The first-order valence-electron chi connectivity index (χ1n) is 6.79. The SMILES string of the molecule is CS(=O)(=O)C1CSCCN1CC1Cc2nc[nH]c2CN1. The van der Waals surface area contributed by atoms with Crippen molar-refractivity contribution in [1.29, 1.82) is 0 Å². The largest absolute Gasteiger partial charge is 0.347 e. The Morgan fingerprint density at radius 3 is 3.20 bits per heavy atom. The lowest BCUT2D eigenvalue weighted by Gasteiger charge is -2.37. The van der Waals surface area contributed by atoms with Gasteiger partial charge in [0.2, 0.25) is 0 Å². The standard InChI is InChI=1S/C12H20N4O2S2/c1-20(17,18)12-7-19-3-2-16(12)6-9-4-10-11(5-13-9)15-8-14-10/h8-9,12-13H,2-7H2,1H3,(H,14,15). The number of fused-ring (bicyclic) bond motifs is 1. The normalized spacial score (nSPS) is 28.2. The topological polar surface area (TPSA) is 78.1 Å². The zero-order valence-electron chi connectivity index (χ0n) is 11.5. The Balaban J connectivity index is 1.68. The highest BCUT2D eigenvalue weighted by atomic mass is 32.2. The van der Waals surface area contributed by atoms with E-state index in [0.717, 1.165) is 43.2 Å². The lowest BCUT2D eigenvalue weighted by Crippen LogP contribution is -2.53. The smallest absolute Gasteiger partial charge is 0.164 e. The number of H-pyrrole nitrogens is 1. The minimum atomic E-state index is -3.02. The van der Waals surface area contributed by atoms with Crippen molar-refractivity contribution in [1.82, 2.24) is 20.2 Å². The van der Waals surface area contributed by atoms with E-state index in [1.165, 1.54) is 6.26 Å². The Hall–Kier alpha value is -0.570. The van der Waals surface area contributed by atoms with Crippen molar-refractivity contribution in [2.24, 2.45) is 0 Å². The van der Waals surface area contributed by atoms with Crippen molar-refractivity contribution in [3.8, 4) is 0 Å². The Labute approximate surface area is 123 Å². The summed E-state index contributed by atoms with van der Waals surface area (Å²) in [6.45, 7) is 2.39. The summed E-state index contributed by atoms with van der Waals surface area (Å²) in [6, 6.07) is 0.276. The highest BCUT2D eigenvalue weighted by molar-refractivity contribution is 8.00. The fourth-order valence-corrected chi connectivity index (χ4v) is 5.81. The molecule has 0 spiro atoms. The van der Waals surface area contributed by atoms with Crippen molar-refractivity contribution in [3.63, 3.8) is 0 Å². The highest BCUT2D eigenvalue weighted by Gasteiger charge is 2.33. The van der Waals surface area contributed by atoms with Crippen LogP contribution in [0.2, 0.25) is 0 Å². The molecule has 0 bridgehead atoms. The Morgan fingerprint density at radius 2 is 2.40 bits per heavy atom. The van der Waals surface area contributed by atoms with E-state index >= 15 is 0 Å². The molecule has 0 aromatic carbocycles. The van der Waals surface area contributed by atoms with E-state index in [2.05, 4.69) is 20.2 Å². The number of sulfone groups is 1. The number of hydrogen-bond donors (Lipinski definition) is 2. The molecular formula is C12H20N4O2S2. The minimum absolute atomic E-state index is 0.276. The second kappa shape index (κ2) is 5.67. The predicted octanol–water partition coefficient (Wildman–Crippen LogP) is -0.156. The molecule has 2 unspecified atom stereocenters. The van der Waals surface area contributed by atoms with Gasteiger partial charge in [-0.3, -0.25) is 4.90 Å². The molecular weight excluding hydrogens is 296 g/mol. The molecule has 1 saturated heterocycles. The molecule has 6 nitrogen and oxygen atoms in total. The van der Waals surface area contributed by atoms with Crippen LogP contribution in [0.4, 0.5) is 0 Å². The van der Waals surface area contributed by atoms with E-state index in [1.54, 1.807) is 18.1 Å². The summed E-state index contributed by atoms with van der Waals surface area (Å²) < 4.78 is 23.8. The molecule has 1 fully saturated rings. The first-order valence-corrected chi connectivity index (χ1v) is 9.90. The maximum atomic E-state index is 11.9. The fourth-order valence-electron chi connectivity index (χ4n) is 2.86. The van der Waals surface area contributed by atoms with Gasteiger partial charge in [0.15, 0.2) is 9.84 Å². The number of nitrogens with zero attached hydrogens (tertiary/aromatic N) is 2. The quantitative estimate of drug-likeness (QED) is 0.807. The first-order chi connectivity index (χ1) is 9.54. The lowest BCUT2D eigenvalue weighted by atomic mass is 10.0. The van der Waals surface area contributed by atoms with E-state index in [-0.39, 0.29) is 11.4 Å². The summed E-state index contributed by atoms with van der Waals surface area (Å²) in [5, 5.41) is 3.12. The van der Waals surface area contributed by atoms with Crippen LogP contribution in [0.5, 0.6) is 0 Å². The minimum Gasteiger partial charge on any atom is -0.347 e. The summed E-state index contributed by atoms with van der Waals surface area (Å²) >= 11 is 1.73. The summed E-state index contributed by atoms with van der Waals surface area (Å²) in [6.07, 6.45) is 3.93. The van der Waals surface area contributed by atoms with Gasteiger partial charge >= 0.3 is 0 Å². The van der Waals surface area contributed by atoms with Gasteiger partial charge in [0, 0.05) is 49.9 Å². The molecule has 112 valence electrons. The van der Waals surface area contributed by atoms with Gasteiger partial charge in [0.1, 0.15) is 5.37 Å². The molecule has 0 radical (unpaired) electrons. The molecule has 0 aliphatic carbocycles.